The summed E-state index contributed by atoms with van der Waals surface area (Å²) in [6.45, 7) is 6.42. The van der Waals surface area contributed by atoms with Crippen LogP contribution in [0.4, 0.5) is 0 Å². The number of hydrogen-bond acceptors (Lipinski definition) is 1. The first-order valence-corrected chi connectivity index (χ1v) is 6.23. The van der Waals surface area contributed by atoms with Crippen molar-refractivity contribution in [2.24, 2.45) is 0 Å². The lowest BCUT2D eigenvalue weighted by atomic mass is 9.92. The van der Waals surface area contributed by atoms with Gasteiger partial charge in [0, 0.05) is 5.56 Å². The molecule has 0 aliphatic heterocycles. The number of nitriles is 1. The predicted octanol–water partition coefficient (Wildman–Crippen LogP) is 4.66. The molecular weight excluding hydrogens is 218 g/mol. The molecule has 0 aliphatic rings. The highest BCUT2D eigenvalue weighted by Crippen LogP contribution is 2.29. The van der Waals surface area contributed by atoms with Gasteiger partial charge in [0.15, 0.2) is 0 Å². The highest BCUT2D eigenvalue weighted by molar-refractivity contribution is 5.74. The fraction of sp³-hybridized carbons (Fsp3) is 0.235. The van der Waals surface area contributed by atoms with E-state index in [1.54, 1.807) is 0 Å². The summed E-state index contributed by atoms with van der Waals surface area (Å²) in [5, 5.41) is 9.23. The number of nitrogens with zero attached hydrogens (tertiary/aromatic N) is 1. The minimum absolute atomic E-state index is 0.500. The second-order valence-corrected chi connectivity index (χ2v) is 4.89. The Morgan fingerprint density at radius 2 is 1.78 bits per heavy atom. The average Bonchev–Trinajstić information content (AvgIpc) is 2.38. The lowest BCUT2D eigenvalue weighted by molar-refractivity contribution is 0.867. The van der Waals surface area contributed by atoms with E-state index < -0.39 is 0 Å². The highest BCUT2D eigenvalue weighted by atomic mass is 14.2. The van der Waals surface area contributed by atoms with Crippen molar-refractivity contribution in [2.75, 3.05) is 0 Å². The summed E-state index contributed by atoms with van der Waals surface area (Å²) < 4.78 is 0. The molecule has 0 radical (unpaired) electrons. The maximum atomic E-state index is 9.23. The Labute approximate surface area is 109 Å². The standard InChI is InChI=1S/C17H17N/c1-12(2)14-7-5-8-15(10-14)17-13(3)6-4-9-16(17)11-18/h4-10,12H,1-3H3. The van der Waals surface area contributed by atoms with Crippen LogP contribution in [0.2, 0.25) is 0 Å². The van der Waals surface area contributed by atoms with Crippen LogP contribution >= 0.6 is 0 Å². The molecule has 0 amide bonds. The third-order valence-electron chi connectivity index (χ3n) is 3.24. The summed E-state index contributed by atoms with van der Waals surface area (Å²) in [6, 6.07) is 16.6. The molecule has 0 spiro atoms. The maximum Gasteiger partial charge on any atom is 0.0998 e. The Bertz CT molecular complexity index is 603. The number of aryl methyl sites for hydroxylation is 1. The van der Waals surface area contributed by atoms with Gasteiger partial charge in [-0.25, -0.2) is 0 Å². The lowest BCUT2D eigenvalue weighted by Gasteiger charge is -2.11. The largest absolute Gasteiger partial charge is 0.192 e. The van der Waals surface area contributed by atoms with Gasteiger partial charge in [0.1, 0.15) is 0 Å². The van der Waals surface area contributed by atoms with Gasteiger partial charge in [-0.1, -0.05) is 50.2 Å². The fourth-order valence-corrected chi connectivity index (χ4v) is 2.20. The molecule has 0 unspecified atom stereocenters. The van der Waals surface area contributed by atoms with Crippen molar-refractivity contribution in [3.8, 4) is 17.2 Å². The van der Waals surface area contributed by atoms with Gasteiger partial charge >= 0.3 is 0 Å². The zero-order valence-electron chi connectivity index (χ0n) is 11.1. The quantitative estimate of drug-likeness (QED) is 0.742. The summed E-state index contributed by atoms with van der Waals surface area (Å²) in [7, 11) is 0. The molecule has 0 heterocycles. The molecule has 0 saturated heterocycles. The van der Waals surface area contributed by atoms with Gasteiger partial charge in [-0.15, -0.1) is 0 Å². The van der Waals surface area contributed by atoms with E-state index in [0.717, 1.165) is 22.3 Å². The van der Waals surface area contributed by atoms with E-state index >= 15 is 0 Å². The summed E-state index contributed by atoms with van der Waals surface area (Å²) in [5.74, 6) is 0.500. The van der Waals surface area contributed by atoms with Crippen molar-refractivity contribution >= 4 is 0 Å². The van der Waals surface area contributed by atoms with Crippen LogP contribution in [-0.2, 0) is 0 Å². The summed E-state index contributed by atoms with van der Waals surface area (Å²) >= 11 is 0. The van der Waals surface area contributed by atoms with Crippen LogP contribution in [0.3, 0.4) is 0 Å². The van der Waals surface area contributed by atoms with Crippen LogP contribution in [0.25, 0.3) is 11.1 Å². The van der Waals surface area contributed by atoms with Crippen molar-refractivity contribution in [1.82, 2.24) is 0 Å². The Kier molecular flexibility index (Phi) is 3.48. The third-order valence-corrected chi connectivity index (χ3v) is 3.24. The molecule has 90 valence electrons. The third kappa shape index (κ3) is 2.28. The van der Waals surface area contributed by atoms with E-state index in [1.807, 2.05) is 12.1 Å². The van der Waals surface area contributed by atoms with Gasteiger partial charge in [0.2, 0.25) is 0 Å². The first kappa shape index (κ1) is 12.4. The maximum absolute atomic E-state index is 9.23. The topological polar surface area (TPSA) is 23.8 Å². The molecule has 2 rings (SSSR count). The minimum atomic E-state index is 0.500. The van der Waals surface area contributed by atoms with Crippen LogP contribution in [-0.4, -0.2) is 0 Å². The van der Waals surface area contributed by atoms with Crippen molar-refractivity contribution in [1.29, 1.82) is 5.26 Å². The Hall–Kier alpha value is -2.07. The molecule has 0 saturated carbocycles. The molecule has 1 heteroatoms. The molecule has 0 aliphatic carbocycles. The number of benzene rings is 2. The average molecular weight is 235 g/mol. The van der Waals surface area contributed by atoms with Crippen LogP contribution in [0.15, 0.2) is 42.5 Å². The SMILES string of the molecule is Cc1cccc(C#N)c1-c1cccc(C(C)C)c1. The van der Waals surface area contributed by atoms with Crippen molar-refractivity contribution in [3.63, 3.8) is 0 Å². The Morgan fingerprint density at radius 3 is 2.44 bits per heavy atom. The minimum Gasteiger partial charge on any atom is -0.192 e. The molecule has 2 aromatic rings. The molecule has 18 heavy (non-hydrogen) atoms. The lowest BCUT2D eigenvalue weighted by Crippen LogP contribution is -1.92. The first-order chi connectivity index (χ1) is 8.63. The first-order valence-electron chi connectivity index (χ1n) is 6.23. The van der Waals surface area contributed by atoms with Crippen molar-refractivity contribution < 1.29 is 0 Å². The van der Waals surface area contributed by atoms with Gasteiger partial charge in [-0.3, -0.25) is 0 Å². The molecule has 2 aromatic carbocycles. The van der Waals surface area contributed by atoms with E-state index in [4.69, 9.17) is 0 Å². The van der Waals surface area contributed by atoms with E-state index in [9.17, 15) is 5.26 Å². The van der Waals surface area contributed by atoms with Gasteiger partial charge in [0.25, 0.3) is 0 Å². The van der Waals surface area contributed by atoms with E-state index in [-0.39, 0.29) is 0 Å². The second kappa shape index (κ2) is 5.06. The summed E-state index contributed by atoms with van der Waals surface area (Å²) in [4.78, 5) is 0. The van der Waals surface area contributed by atoms with E-state index in [2.05, 4.69) is 57.2 Å². The smallest absolute Gasteiger partial charge is 0.0998 e. The van der Waals surface area contributed by atoms with Crippen molar-refractivity contribution in [3.05, 3.63) is 59.2 Å². The molecule has 0 bridgehead atoms. The number of rotatable bonds is 2. The van der Waals surface area contributed by atoms with Crippen LogP contribution in [0, 0.1) is 18.3 Å². The van der Waals surface area contributed by atoms with Crippen LogP contribution in [0.5, 0.6) is 0 Å². The highest BCUT2D eigenvalue weighted by Gasteiger charge is 2.09. The van der Waals surface area contributed by atoms with Gasteiger partial charge in [0.05, 0.1) is 11.6 Å². The normalized spacial score (nSPS) is 10.4. The zero-order chi connectivity index (χ0) is 13.1. The zero-order valence-corrected chi connectivity index (χ0v) is 11.1. The monoisotopic (exact) mass is 235 g/mol. The van der Waals surface area contributed by atoms with E-state index in [0.29, 0.717) is 5.92 Å². The van der Waals surface area contributed by atoms with Gasteiger partial charge in [-0.05, 0) is 35.6 Å². The molecule has 0 N–H and O–H groups in total. The Balaban J connectivity index is 2.63. The van der Waals surface area contributed by atoms with Crippen LogP contribution < -0.4 is 0 Å². The summed E-state index contributed by atoms with van der Waals surface area (Å²) in [5.41, 5.74) is 5.39. The van der Waals surface area contributed by atoms with Gasteiger partial charge < -0.3 is 0 Å². The molecule has 0 fully saturated rings. The van der Waals surface area contributed by atoms with Crippen LogP contribution in [0.1, 0.15) is 36.5 Å². The van der Waals surface area contributed by atoms with E-state index in [1.165, 1.54) is 5.56 Å². The fourth-order valence-electron chi connectivity index (χ4n) is 2.20. The molecule has 1 nitrogen and oxygen atoms in total. The Morgan fingerprint density at radius 1 is 1.06 bits per heavy atom. The molecule has 0 atom stereocenters. The van der Waals surface area contributed by atoms with Crippen molar-refractivity contribution in [2.45, 2.75) is 26.7 Å². The summed E-state index contributed by atoms with van der Waals surface area (Å²) in [6.07, 6.45) is 0. The second-order valence-electron chi connectivity index (χ2n) is 4.89. The molecular formula is C17H17N. The number of hydrogen-bond donors (Lipinski definition) is 0. The molecule has 0 aromatic heterocycles. The predicted molar refractivity (Wildman–Crippen MR) is 75.4 cm³/mol. The van der Waals surface area contributed by atoms with Gasteiger partial charge in [-0.2, -0.15) is 5.26 Å².